The molecule has 0 radical (unpaired) electrons. The molecular weight excluding hydrogens is 156 g/mol. The van der Waals surface area contributed by atoms with Gasteiger partial charge in [0.25, 0.3) is 0 Å². The Hall–Kier alpha value is -0.320. The lowest BCUT2D eigenvalue weighted by Crippen LogP contribution is -2.26. The molecule has 0 aromatic heterocycles. The average molecular weight is 167 g/mol. The summed E-state index contributed by atoms with van der Waals surface area (Å²) in [6.07, 6.45) is 1.41. The van der Waals surface area contributed by atoms with Gasteiger partial charge in [0.2, 0.25) is 0 Å². The Morgan fingerprint density at radius 1 is 1.60 bits per heavy atom. The summed E-state index contributed by atoms with van der Waals surface area (Å²) in [6, 6.07) is 0. The van der Waals surface area contributed by atoms with Crippen LogP contribution in [0.5, 0.6) is 0 Å². The lowest BCUT2D eigenvalue weighted by Gasteiger charge is -2.13. The number of aliphatic hydroxyl groups is 2. The van der Waals surface area contributed by atoms with Gasteiger partial charge in [-0.2, -0.15) is 5.10 Å². The van der Waals surface area contributed by atoms with Gasteiger partial charge in [0, 0.05) is 19.2 Å². The maximum atomic E-state index is 8.45. The van der Waals surface area contributed by atoms with Crippen molar-refractivity contribution in [2.45, 2.75) is 12.7 Å². The third-order valence-corrected chi connectivity index (χ3v) is 1.14. The highest BCUT2D eigenvalue weighted by Gasteiger charge is 2.08. The number of hydrazone groups is 1. The minimum Gasteiger partial charge on any atom is -0.367 e. The highest BCUT2D eigenvalue weighted by molar-refractivity contribution is 5.85. The SMILES string of the molecule is Cl.OC(O)CN1CCC=N1. The molecule has 1 aliphatic rings. The van der Waals surface area contributed by atoms with Crippen molar-refractivity contribution in [3.05, 3.63) is 0 Å². The van der Waals surface area contributed by atoms with Crippen molar-refractivity contribution in [2.75, 3.05) is 13.1 Å². The van der Waals surface area contributed by atoms with E-state index in [2.05, 4.69) is 5.10 Å². The molecule has 0 aromatic carbocycles. The molecule has 4 nitrogen and oxygen atoms in total. The molecule has 1 heterocycles. The predicted octanol–water partition coefficient (Wildman–Crippen LogP) is -0.590. The third-order valence-electron chi connectivity index (χ3n) is 1.14. The van der Waals surface area contributed by atoms with Crippen LogP contribution in [0.25, 0.3) is 0 Å². The maximum Gasteiger partial charge on any atom is 0.171 e. The van der Waals surface area contributed by atoms with E-state index in [0.29, 0.717) is 0 Å². The maximum absolute atomic E-state index is 8.45. The van der Waals surface area contributed by atoms with Crippen LogP contribution in [0, 0.1) is 0 Å². The molecule has 60 valence electrons. The first-order chi connectivity index (χ1) is 4.29. The van der Waals surface area contributed by atoms with Gasteiger partial charge in [-0.05, 0) is 0 Å². The zero-order valence-corrected chi connectivity index (χ0v) is 6.29. The van der Waals surface area contributed by atoms with Crippen molar-refractivity contribution in [1.29, 1.82) is 0 Å². The van der Waals surface area contributed by atoms with Crippen molar-refractivity contribution < 1.29 is 10.2 Å². The molecule has 0 atom stereocenters. The first kappa shape index (κ1) is 9.68. The molecule has 0 saturated carbocycles. The van der Waals surface area contributed by atoms with E-state index >= 15 is 0 Å². The molecule has 0 amide bonds. The van der Waals surface area contributed by atoms with Crippen LogP contribution in [0.2, 0.25) is 0 Å². The van der Waals surface area contributed by atoms with Crippen LogP contribution in [0.4, 0.5) is 0 Å². The Morgan fingerprint density at radius 3 is 2.70 bits per heavy atom. The number of hydrogen-bond acceptors (Lipinski definition) is 4. The summed E-state index contributed by atoms with van der Waals surface area (Å²) >= 11 is 0. The third kappa shape index (κ3) is 3.00. The number of hydrogen-bond donors (Lipinski definition) is 2. The number of rotatable bonds is 2. The summed E-state index contributed by atoms with van der Waals surface area (Å²) in [5.41, 5.74) is 0. The Bertz CT molecular complexity index is 118. The molecule has 5 heteroatoms. The van der Waals surface area contributed by atoms with Crippen LogP contribution < -0.4 is 0 Å². The Labute approximate surface area is 65.6 Å². The van der Waals surface area contributed by atoms with E-state index in [0.717, 1.165) is 13.0 Å². The van der Waals surface area contributed by atoms with E-state index < -0.39 is 6.29 Å². The van der Waals surface area contributed by atoms with Gasteiger partial charge in [0.1, 0.15) is 0 Å². The second-order valence-corrected chi connectivity index (χ2v) is 1.98. The summed E-state index contributed by atoms with van der Waals surface area (Å²) in [6.45, 7) is 1.02. The van der Waals surface area contributed by atoms with Crippen LogP contribution in [0.3, 0.4) is 0 Å². The monoisotopic (exact) mass is 166 g/mol. The predicted molar refractivity (Wildman–Crippen MR) is 40.2 cm³/mol. The number of β-amino-alcohol motifs (C(OH)–C–C–N with tert-alkyl or cyclic N) is 2. The Balaban J connectivity index is 0.000000810. The van der Waals surface area contributed by atoms with E-state index in [1.807, 2.05) is 0 Å². The molecule has 0 unspecified atom stereocenters. The van der Waals surface area contributed by atoms with E-state index in [-0.39, 0.29) is 19.0 Å². The summed E-state index contributed by atoms with van der Waals surface area (Å²) in [5.74, 6) is 0. The summed E-state index contributed by atoms with van der Waals surface area (Å²) in [4.78, 5) is 0. The van der Waals surface area contributed by atoms with E-state index in [4.69, 9.17) is 10.2 Å². The van der Waals surface area contributed by atoms with Gasteiger partial charge in [-0.3, -0.25) is 5.01 Å². The number of aliphatic hydroxyl groups excluding tert-OH is 1. The lowest BCUT2D eigenvalue weighted by atomic mass is 10.5. The molecule has 1 aliphatic heterocycles. The zero-order chi connectivity index (χ0) is 6.69. The van der Waals surface area contributed by atoms with E-state index in [1.165, 1.54) is 0 Å². The second-order valence-electron chi connectivity index (χ2n) is 1.98. The standard InChI is InChI=1S/C5H10N2O2.ClH/c8-5(9)4-7-3-1-2-6-7;/h2,5,8-9H,1,3-4H2;1H. The molecule has 1 rings (SSSR count). The lowest BCUT2D eigenvalue weighted by molar-refractivity contribution is -0.0592. The molecular formula is C5H11ClN2O2. The van der Waals surface area contributed by atoms with Crippen molar-refractivity contribution >= 4 is 18.6 Å². The summed E-state index contributed by atoms with van der Waals surface area (Å²) in [7, 11) is 0. The van der Waals surface area contributed by atoms with Gasteiger partial charge in [-0.15, -0.1) is 12.4 Å². The fourth-order valence-electron chi connectivity index (χ4n) is 0.765. The average Bonchev–Trinajstić information content (AvgIpc) is 2.15. The first-order valence-electron chi connectivity index (χ1n) is 2.92. The van der Waals surface area contributed by atoms with Crippen molar-refractivity contribution in [2.24, 2.45) is 5.10 Å². The summed E-state index contributed by atoms with van der Waals surface area (Å²) in [5, 5.41) is 22.4. The molecule has 0 fully saturated rings. The Kier molecular flexibility index (Phi) is 4.34. The van der Waals surface area contributed by atoms with Crippen molar-refractivity contribution in [3.63, 3.8) is 0 Å². The van der Waals surface area contributed by atoms with Crippen LogP contribution in [0.15, 0.2) is 5.10 Å². The van der Waals surface area contributed by atoms with Crippen LogP contribution in [0.1, 0.15) is 6.42 Å². The molecule has 0 aromatic rings. The van der Waals surface area contributed by atoms with E-state index in [9.17, 15) is 0 Å². The minimum atomic E-state index is -1.26. The van der Waals surface area contributed by atoms with Gasteiger partial charge in [-0.1, -0.05) is 0 Å². The second kappa shape index (κ2) is 4.49. The zero-order valence-electron chi connectivity index (χ0n) is 5.47. The highest BCUT2D eigenvalue weighted by atomic mass is 35.5. The topological polar surface area (TPSA) is 56.1 Å². The molecule has 0 saturated heterocycles. The molecule has 0 spiro atoms. The van der Waals surface area contributed by atoms with Crippen LogP contribution in [-0.4, -0.2) is 40.8 Å². The van der Waals surface area contributed by atoms with Gasteiger partial charge in [-0.25, -0.2) is 0 Å². The summed E-state index contributed by atoms with van der Waals surface area (Å²) < 4.78 is 0. The van der Waals surface area contributed by atoms with Crippen LogP contribution in [-0.2, 0) is 0 Å². The van der Waals surface area contributed by atoms with Gasteiger partial charge in [0.15, 0.2) is 6.29 Å². The molecule has 0 aliphatic carbocycles. The molecule has 10 heavy (non-hydrogen) atoms. The van der Waals surface area contributed by atoms with E-state index in [1.54, 1.807) is 11.2 Å². The molecule has 0 bridgehead atoms. The smallest absolute Gasteiger partial charge is 0.171 e. The van der Waals surface area contributed by atoms with Gasteiger partial charge < -0.3 is 10.2 Å². The quantitative estimate of drug-likeness (QED) is 0.540. The fraction of sp³-hybridized carbons (Fsp3) is 0.800. The number of halogens is 1. The highest BCUT2D eigenvalue weighted by Crippen LogP contribution is 1.98. The largest absolute Gasteiger partial charge is 0.367 e. The number of nitrogens with zero attached hydrogens (tertiary/aromatic N) is 2. The van der Waals surface area contributed by atoms with Crippen LogP contribution >= 0.6 is 12.4 Å². The normalized spacial score (nSPS) is 16.1. The molecule has 2 N–H and O–H groups in total. The van der Waals surface area contributed by atoms with Crippen molar-refractivity contribution in [1.82, 2.24) is 5.01 Å². The van der Waals surface area contributed by atoms with Gasteiger partial charge >= 0.3 is 0 Å². The minimum absolute atomic E-state index is 0. The first-order valence-corrected chi connectivity index (χ1v) is 2.92. The fourth-order valence-corrected chi connectivity index (χ4v) is 0.765. The Morgan fingerprint density at radius 2 is 2.30 bits per heavy atom. The van der Waals surface area contributed by atoms with Gasteiger partial charge in [0.05, 0.1) is 6.54 Å². The van der Waals surface area contributed by atoms with Crippen molar-refractivity contribution in [3.8, 4) is 0 Å².